The molecule has 1 saturated carbocycles. The summed E-state index contributed by atoms with van der Waals surface area (Å²) in [5.74, 6) is 2.13. The molecule has 2 aliphatic rings. The lowest BCUT2D eigenvalue weighted by atomic mass is 10.0. The van der Waals surface area contributed by atoms with Crippen LogP contribution in [-0.2, 0) is 17.9 Å². The van der Waals surface area contributed by atoms with Gasteiger partial charge in [0.1, 0.15) is 0 Å². The topological polar surface area (TPSA) is 56.7 Å². The van der Waals surface area contributed by atoms with Gasteiger partial charge >= 0.3 is 0 Å². The molecule has 0 atom stereocenters. The standard InChI is InChI=1S/C23H36N4O/c1-2-24-23(25-14-6-12-19-8-3-4-9-19)26-17-20-10-5-11-21(16-20)18-27-15-7-13-22(27)28/h5,10-11,16,19H,2-4,6-9,12-15,17-18H2,1H3,(H2,24,25,26). The number of benzene rings is 1. The highest BCUT2D eigenvalue weighted by molar-refractivity contribution is 5.79. The molecule has 1 heterocycles. The molecule has 1 amide bonds. The SMILES string of the molecule is CCNC(=NCc1cccc(CN2CCCC2=O)c1)NCCCC1CCCC1. The van der Waals surface area contributed by atoms with E-state index in [1.54, 1.807) is 0 Å². The number of carbonyl (C=O) groups excluding carboxylic acids is 1. The van der Waals surface area contributed by atoms with E-state index in [1.165, 1.54) is 49.7 Å². The van der Waals surface area contributed by atoms with Crippen LogP contribution in [0.1, 0.15) is 69.4 Å². The van der Waals surface area contributed by atoms with Crippen LogP contribution in [0.3, 0.4) is 0 Å². The first-order valence-electron chi connectivity index (χ1n) is 11.1. The fourth-order valence-corrected chi connectivity index (χ4v) is 4.33. The van der Waals surface area contributed by atoms with E-state index in [0.717, 1.165) is 44.5 Å². The van der Waals surface area contributed by atoms with Gasteiger partial charge in [0.05, 0.1) is 6.54 Å². The first-order chi connectivity index (χ1) is 13.7. The van der Waals surface area contributed by atoms with Crippen molar-refractivity contribution in [3.63, 3.8) is 0 Å². The van der Waals surface area contributed by atoms with Crippen LogP contribution in [0, 0.1) is 5.92 Å². The Morgan fingerprint density at radius 1 is 1.18 bits per heavy atom. The summed E-state index contributed by atoms with van der Waals surface area (Å²) < 4.78 is 0. The predicted octanol–water partition coefficient (Wildman–Crippen LogP) is 3.83. The number of guanidine groups is 1. The second-order valence-corrected chi connectivity index (χ2v) is 8.15. The van der Waals surface area contributed by atoms with Crippen molar-refractivity contribution in [1.29, 1.82) is 0 Å². The highest BCUT2D eigenvalue weighted by Crippen LogP contribution is 2.28. The minimum absolute atomic E-state index is 0.277. The Kier molecular flexibility index (Phi) is 8.19. The molecule has 1 saturated heterocycles. The van der Waals surface area contributed by atoms with E-state index in [-0.39, 0.29) is 5.91 Å². The molecule has 2 N–H and O–H groups in total. The van der Waals surface area contributed by atoms with Gasteiger partial charge in [-0.1, -0.05) is 49.9 Å². The van der Waals surface area contributed by atoms with Crippen LogP contribution >= 0.6 is 0 Å². The minimum Gasteiger partial charge on any atom is -0.357 e. The number of rotatable bonds is 9. The third-order valence-corrected chi connectivity index (χ3v) is 5.86. The van der Waals surface area contributed by atoms with Crippen LogP contribution in [-0.4, -0.2) is 36.4 Å². The summed E-state index contributed by atoms with van der Waals surface area (Å²) in [7, 11) is 0. The summed E-state index contributed by atoms with van der Waals surface area (Å²) in [6, 6.07) is 8.47. The molecular weight excluding hydrogens is 348 g/mol. The molecule has 5 nitrogen and oxygen atoms in total. The summed E-state index contributed by atoms with van der Waals surface area (Å²) in [4.78, 5) is 18.6. The average Bonchev–Trinajstić information content (AvgIpc) is 3.36. The van der Waals surface area contributed by atoms with E-state index in [1.807, 2.05) is 4.90 Å². The zero-order valence-electron chi connectivity index (χ0n) is 17.4. The quantitative estimate of drug-likeness (QED) is 0.386. The Morgan fingerprint density at radius 3 is 2.75 bits per heavy atom. The highest BCUT2D eigenvalue weighted by atomic mass is 16.2. The van der Waals surface area contributed by atoms with Crippen LogP contribution in [0.2, 0.25) is 0 Å². The Balaban J connectivity index is 1.47. The number of likely N-dealkylation sites (tertiary alicyclic amines) is 1. The van der Waals surface area contributed by atoms with Gasteiger partial charge in [0.25, 0.3) is 0 Å². The maximum absolute atomic E-state index is 11.8. The number of nitrogens with one attached hydrogen (secondary N) is 2. The maximum atomic E-state index is 11.8. The summed E-state index contributed by atoms with van der Waals surface area (Å²) in [6.07, 6.45) is 9.93. The third-order valence-electron chi connectivity index (χ3n) is 5.86. The van der Waals surface area contributed by atoms with Gasteiger partial charge in [-0.15, -0.1) is 0 Å². The van der Waals surface area contributed by atoms with E-state index in [2.05, 4.69) is 41.8 Å². The Bertz CT molecular complexity index is 652. The molecule has 1 aromatic rings. The monoisotopic (exact) mass is 384 g/mol. The van der Waals surface area contributed by atoms with Crippen molar-refractivity contribution in [2.75, 3.05) is 19.6 Å². The summed E-state index contributed by atoms with van der Waals surface area (Å²) in [5, 5.41) is 6.83. The molecule has 0 spiro atoms. The lowest BCUT2D eigenvalue weighted by Gasteiger charge is -2.16. The summed E-state index contributed by atoms with van der Waals surface area (Å²) in [6.45, 7) is 6.21. The van der Waals surface area contributed by atoms with Gasteiger partial charge < -0.3 is 15.5 Å². The fraction of sp³-hybridized carbons (Fsp3) is 0.652. The smallest absolute Gasteiger partial charge is 0.222 e. The van der Waals surface area contributed by atoms with Crippen molar-refractivity contribution in [2.24, 2.45) is 10.9 Å². The molecule has 0 unspecified atom stereocenters. The minimum atomic E-state index is 0.277. The normalized spacial score (nSPS) is 18.1. The molecular formula is C23H36N4O. The van der Waals surface area contributed by atoms with Gasteiger partial charge in [0.15, 0.2) is 5.96 Å². The maximum Gasteiger partial charge on any atom is 0.222 e. The van der Waals surface area contributed by atoms with Crippen LogP contribution in [0.25, 0.3) is 0 Å². The molecule has 154 valence electrons. The molecule has 0 aromatic heterocycles. The first-order valence-corrected chi connectivity index (χ1v) is 11.1. The molecule has 0 bridgehead atoms. The molecule has 3 rings (SSSR count). The van der Waals surface area contributed by atoms with E-state index in [9.17, 15) is 4.79 Å². The molecule has 1 aliphatic heterocycles. The number of hydrogen-bond donors (Lipinski definition) is 2. The van der Waals surface area contributed by atoms with Crippen molar-refractivity contribution < 1.29 is 4.79 Å². The van der Waals surface area contributed by atoms with Crippen molar-refractivity contribution in [2.45, 2.75) is 71.4 Å². The van der Waals surface area contributed by atoms with E-state index < -0.39 is 0 Å². The second kappa shape index (κ2) is 11.1. The lowest BCUT2D eigenvalue weighted by molar-refractivity contribution is -0.128. The molecule has 28 heavy (non-hydrogen) atoms. The molecule has 2 fully saturated rings. The van der Waals surface area contributed by atoms with Crippen LogP contribution in [0.5, 0.6) is 0 Å². The molecule has 1 aliphatic carbocycles. The number of aliphatic imine (C=N–C) groups is 1. The largest absolute Gasteiger partial charge is 0.357 e. The zero-order valence-corrected chi connectivity index (χ0v) is 17.4. The zero-order chi connectivity index (χ0) is 19.6. The molecule has 0 radical (unpaired) electrons. The van der Waals surface area contributed by atoms with Gasteiger partial charge in [-0.25, -0.2) is 4.99 Å². The van der Waals surface area contributed by atoms with Gasteiger partial charge in [0, 0.05) is 32.6 Å². The average molecular weight is 385 g/mol. The van der Waals surface area contributed by atoms with Crippen LogP contribution in [0.4, 0.5) is 0 Å². The summed E-state index contributed by atoms with van der Waals surface area (Å²) >= 11 is 0. The number of amides is 1. The van der Waals surface area contributed by atoms with Crippen LogP contribution < -0.4 is 10.6 Å². The first kappa shape index (κ1) is 20.7. The highest BCUT2D eigenvalue weighted by Gasteiger charge is 2.19. The van der Waals surface area contributed by atoms with Gasteiger partial charge in [-0.3, -0.25) is 4.79 Å². The van der Waals surface area contributed by atoms with Crippen LogP contribution in [0.15, 0.2) is 29.3 Å². The van der Waals surface area contributed by atoms with Crippen molar-refractivity contribution in [1.82, 2.24) is 15.5 Å². The van der Waals surface area contributed by atoms with E-state index in [0.29, 0.717) is 13.0 Å². The number of carbonyl (C=O) groups is 1. The molecule has 1 aromatic carbocycles. The van der Waals surface area contributed by atoms with E-state index in [4.69, 9.17) is 4.99 Å². The third kappa shape index (κ3) is 6.54. The van der Waals surface area contributed by atoms with Gasteiger partial charge in [-0.2, -0.15) is 0 Å². The number of hydrogen-bond acceptors (Lipinski definition) is 2. The summed E-state index contributed by atoms with van der Waals surface area (Å²) in [5.41, 5.74) is 2.38. The Hall–Kier alpha value is -2.04. The van der Waals surface area contributed by atoms with Crippen molar-refractivity contribution in [3.8, 4) is 0 Å². The van der Waals surface area contributed by atoms with E-state index >= 15 is 0 Å². The second-order valence-electron chi connectivity index (χ2n) is 8.15. The van der Waals surface area contributed by atoms with Crippen molar-refractivity contribution >= 4 is 11.9 Å². The lowest BCUT2D eigenvalue weighted by Crippen LogP contribution is -2.37. The Morgan fingerprint density at radius 2 is 2.00 bits per heavy atom. The fourth-order valence-electron chi connectivity index (χ4n) is 4.33. The Labute approximate surface area is 170 Å². The van der Waals surface area contributed by atoms with Gasteiger partial charge in [-0.05, 0) is 43.2 Å². The molecule has 5 heteroatoms. The predicted molar refractivity (Wildman–Crippen MR) is 115 cm³/mol. The number of nitrogens with zero attached hydrogens (tertiary/aromatic N) is 2. The van der Waals surface area contributed by atoms with Crippen molar-refractivity contribution in [3.05, 3.63) is 35.4 Å². The van der Waals surface area contributed by atoms with Gasteiger partial charge in [0.2, 0.25) is 5.91 Å².